The number of piperazine rings is 1. The van der Waals surface area contributed by atoms with Gasteiger partial charge in [0.25, 0.3) is 5.91 Å². The number of fused-ring (bicyclic) bond motifs is 1. The number of aromatic nitrogens is 3. The van der Waals surface area contributed by atoms with Gasteiger partial charge in [-0.05, 0) is 55.3 Å². The summed E-state index contributed by atoms with van der Waals surface area (Å²) in [6, 6.07) is 26.1. The van der Waals surface area contributed by atoms with Gasteiger partial charge in [-0.25, -0.2) is 9.97 Å². The lowest BCUT2D eigenvalue weighted by atomic mass is 10.1. The average Bonchev–Trinajstić information content (AvgIpc) is 3.42. The van der Waals surface area contributed by atoms with Crippen LogP contribution < -0.4 is 14.4 Å². The maximum atomic E-state index is 12.9. The molecule has 208 valence electrons. The first-order chi connectivity index (χ1) is 20.1. The molecule has 8 nitrogen and oxygen atoms in total. The highest BCUT2D eigenvalue weighted by Crippen LogP contribution is 2.37. The Labute approximate surface area is 239 Å². The molecule has 41 heavy (non-hydrogen) atoms. The van der Waals surface area contributed by atoms with Gasteiger partial charge >= 0.3 is 0 Å². The fraction of sp³-hybridized carbons (Fsp3) is 0.242. The molecule has 5 aromatic rings. The van der Waals surface area contributed by atoms with E-state index in [2.05, 4.69) is 27.8 Å². The second-order valence-electron chi connectivity index (χ2n) is 10.0. The Balaban J connectivity index is 1.27. The first-order valence-electron chi connectivity index (χ1n) is 14.0. The van der Waals surface area contributed by atoms with E-state index >= 15 is 0 Å². The van der Waals surface area contributed by atoms with Crippen molar-refractivity contribution in [3.63, 3.8) is 0 Å². The van der Waals surface area contributed by atoms with E-state index in [1.807, 2.05) is 85.5 Å². The van der Waals surface area contributed by atoms with Gasteiger partial charge in [-0.15, -0.1) is 0 Å². The van der Waals surface area contributed by atoms with E-state index < -0.39 is 0 Å². The predicted molar refractivity (Wildman–Crippen MR) is 161 cm³/mol. The van der Waals surface area contributed by atoms with Crippen molar-refractivity contribution in [3.05, 3.63) is 97.0 Å². The Hall–Kier alpha value is -4.85. The zero-order chi connectivity index (χ0) is 28.2. The molecule has 6 rings (SSSR count). The number of benzene rings is 3. The van der Waals surface area contributed by atoms with Crippen molar-refractivity contribution in [1.82, 2.24) is 19.4 Å². The molecular formula is C33H33N5O3. The van der Waals surface area contributed by atoms with Crippen LogP contribution in [0, 0.1) is 6.92 Å². The Morgan fingerprint density at radius 3 is 2.32 bits per heavy atom. The van der Waals surface area contributed by atoms with Crippen LogP contribution >= 0.6 is 0 Å². The fourth-order valence-corrected chi connectivity index (χ4v) is 5.31. The van der Waals surface area contributed by atoms with E-state index in [0.29, 0.717) is 32.8 Å². The van der Waals surface area contributed by atoms with Crippen LogP contribution in [-0.4, -0.2) is 64.7 Å². The summed E-state index contributed by atoms with van der Waals surface area (Å²) in [6.07, 6.45) is 3.77. The number of carbonyl (C=O) groups excluding carboxylic acids is 1. The molecule has 0 saturated carbocycles. The molecule has 0 unspecified atom stereocenters. The SMILES string of the molecule is CCOc1ccc(-n2cc(-c3ccccc3)c3c(N4CCN(C(=O)COc5ccccc5C)CC4)ncnc32)cc1. The number of nitrogens with zero attached hydrogens (tertiary/aromatic N) is 5. The highest BCUT2D eigenvalue weighted by atomic mass is 16.5. The Morgan fingerprint density at radius 2 is 1.59 bits per heavy atom. The molecule has 3 heterocycles. The van der Waals surface area contributed by atoms with Gasteiger partial charge < -0.3 is 23.8 Å². The lowest BCUT2D eigenvalue weighted by Crippen LogP contribution is -2.50. The number of amides is 1. The van der Waals surface area contributed by atoms with Gasteiger partial charge in [0.15, 0.2) is 12.3 Å². The van der Waals surface area contributed by atoms with Crippen LogP contribution in [0.5, 0.6) is 11.5 Å². The molecule has 0 atom stereocenters. The summed E-state index contributed by atoms with van der Waals surface area (Å²) in [6.45, 7) is 7.16. The summed E-state index contributed by atoms with van der Waals surface area (Å²) in [5.74, 6) is 2.45. The summed E-state index contributed by atoms with van der Waals surface area (Å²) < 4.78 is 13.6. The molecule has 0 N–H and O–H groups in total. The molecule has 3 aromatic carbocycles. The minimum atomic E-state index is -0.00707. The van der Waals surface area contributed by atoms with Gasteiger partial charge in [0, 0.05) is 43.6 Å². The monoisotopic (exact) mass is 547 g/mol. The van der Waals surface area contributed by atoms with Gasteiger partial charge in [-0.2, -0.15) is 0 Å². The first-order valence-corrected chi connectivity index (χ1v) is 14.0. The molecule has 0 bridgehead atoms. The van der Waals surface area contributed by atoms with Crippen LogP contribution in [0.2, 0.25) is 0 Å². The normalized spacial score (nSPS) is 13.4. The average molecular weight is 548 g/mol. The zero-order valence-corrected chi connectivity index (χ0v) is 23.4. The van der Waals surface area contributed by atoms with Gasteiger partial charge in [-0.3, -0.25) is 4.79 Å². The number of ether oxygens (including phenoxy) is 2. The third-order valence-corrected chi connectivity index (χ3v) is 7.45. The lowest BCUT2D eigenvalue weighted by molar-refractivity contribution is -0.133. The van der Waals surface area contributed by atoms with Gasteiger partial charge in [0.2, 0.25) is 0 Å². The molecule has 1 aliphatic heterocycles. The molecule has 1 amide bonds. The quantitative estimate of drug-likeness (QED) is 0.255. The van der Waals surface area contributed by atoms with Crippen molar-refractivity contribution in [1.29, 1.82) is 0 Å². The molecule has 1 saturated heterocycles. The van der Waals surface area contributed by atoms with Crippen molar-refractivity contribution >= 4 is 22.8 Å². The Morgan fingerprint density at radius 1 is 0.854 bits per heavy atom. The third kappa shape index (κ3) is 5.45. The molecular weight excluding hydrogens is 514 g/mol. The van der Waals surface area contributed by atoms with Crippen LogP contribution in [0.15, 0.2) is 91.4 Å². The molecule has 0 spiro atoms. The van der Waals surface area contributed by atoms with Crippen molar-refractivity contribution < 1.29 is 14.3 Å². The number of hydrogen-bond donors (Lipinski definition) is 0. The van der Waals surface area contributed by atoms with E-state index in [9.17, 15) is 4.79 Å². The molecule has 1 aliphatic rings. The number of anilines is 1. The van der Waals surface area contributed by atoms with Gasteiger partial charge in [0.1, 0.15) is 23.6 Å². The van der Waals surface area contributed by atoms with E-state index in [1.54, 1.807) is 6.33 Å². The van der Waals surface area contributed by atoms with Crippen molar-refractivity contribution in [3.8, 4) is 28.3 Å². The fourth-order valence-electron chi connectivity index (χ4n) is 5.31. The molecule has 0 radical (unpaired) electrons. The first kappa shape index (κ1) is 26.4. The minimum absolute atomic E-state index is 0.00707. The molecule has 0 aliphatic carbocycles. The van der Waals surface area contributed by atoms with E-state index in [1.165, 1.54) is 0 Å². The second-order valence-corrected chi connectivity index (χ2v) is 10.0. The maximum absolute atomic E-state index is 12.9. The largest absolute Gasteiger partial charge is 0.494 e. The van der Waals surface area contributed by atoms with Crippen LogP contribution in [-0.2, 0) is 4.79 Å². The topological polar surface area (TPSA) is 72.7 Å². The molecule has 1 fully saturated rings. The number of hydrogen-bond acceptors (Lipinski definition) is 6. The van der Waals surface area contributed by atoms with Crippen LogP contribution in [0.1, 0.15) is 12.5 Å². The highest BCUT2D eigenvalue weighted by Gasteiger charge is 2.26. The van der Waals surface area contributed by atoms with Crippen LogP contribution in [0.25, 0.3) is 27.8 Å². The predicted octanol–water partition coefficient (Wildman–Crippen LogP) is 5.52. The second kappa shape index (κ2) is 11.7. The number of carbonyl (C=O) groups is 1. The van der Waals surface area contributed by atoms with E-state index in [0.717, 1.165) is 50.7 Å². The summed E-state index contributed by atoms with van der Waals surface area (Å²) in [5.41, 5.74) is 5.01. The maximum Gasteiger partial charge on any atom is 0.260 e. The van der Waals surface area contributed by atoms with Crippen LogP contribution in [0.4, 0.5) is 5.82 Å². The minimum Gasteiger partial charge on any atom is -0.494 e. The molecule has 8 heteroatoms. The Bertz CT molecular complexity index is 1640. The van der Waals surface area contributed by atoms with Gasteiger partial charge in [-0.1, -0.05) is 48.5 Å². The lowest BCUT2D eigenvalue weighted by Gasteiger charge is -2.35. The van der Waals surface area contributed by atoms with Crippen LogP contribution in [0.3, 0.4) is 0 Å². The van der Waals surface area contributed by atoms with E-state index in [4.69, 9.17) is 19.4 Å². The Kier molecular flexibility index (Phi) is 7.54. The summed E-state index contributed by atoms with van der Waals surface area (Å²) in [4.78, 5) is 26.6. The van der Waals surface area contributed by atoms with E-state index in [-0.39, 0.29) is 12.5 Å². The van der Waals surface area contributed by atoms with Gasteiger partial charge in [0.05, 0.1) is 12.0 Å². The summed E-state index contributed by atoms with van der Waals surface area (Å²) >= 11 is 0. The third-order valence-electron chi connectivity index (χ3n) is 7.45. The zero-order valence-electron chi connectivity index (χ0n) is 23.4. The summed E-state index contributed by atoms with van der Waals surface area (Å²) in [7, 11) is 0. The number of para-hydroxylation sites is 1. The van der Waals surface area contributed by atoms with Crippen molar-refractivity contribution in [2.75, 3.05) is 44.3 Å². The molecule has 2 aromatic heterocycles. The smallest absolute Gasteiger partial charge is 0.260 e. The van der Waals surface area contributed by atoms with Crippen molar-refractivity contribution in [2.45, 2.75) is 13.8 Å². The number of rotatable bonds is 8. The summed E-state index contributed by atoms with van der Waals surface area (Å²) in [5, 5.41) is 0.996. The number of aryl methyl sites for hydroxylation is 1. The standard InChI is InChI=1S/C33H33N5O3/c1-3-40-27-15-13-26(14-16-27)38-21-28(25-10-5-4-6-11-25)31-32(34-23-35-33(31)38)37-19-17-36(18-20-37)30(39)22-41-29-12-8-7-9-24(29)2/h4-16,21,23H,3,17-20,22H2,1-2H3. The highest BCUT2D eigenvalue weighted by molar-refractivity contribution is 6.02. The van der Waals surface area contributed by atoms with Crippen molar-refractivity contribution in [2.24, 2.45) is 0 Å².